The predicted octanol–water partition coefficient (Wildman–Crippen LogP) is 3.04. The van der Waals surface area contributed by atoms with Crippen molar-refractivity contribution < 1.29 is 18.3 Å². The van der Waals surface area contributed by atoms with E-state index in [4.69, 9.17) is 0 Å². The van der Waals surface area contributed by atoms with Gasteiger partial charge in [0.05, 0.1) is 0 Å². The average Bonchev–Trinajstić information content (AvgIpc) is 2.16. The van der Waals surface area contributed by atoms with E-state index in [1.807, 2.05) is 0 Å². The van der Waals surface area contributed by atoms with Gasteiger partial charge in [-0.05, 0) is 28.1 Å². The number of pyridine rings is 1. The molecular weight excluding hydrogens is 287 g/mol. The molecule has 0 amide bonds. The summed E-state index contributed by atoms with van der Waals surface area (Å²) in [7, 11) is 0. The number of hydrogen-bond donors (Lipinski definition) is 1. The van der Waals surface area contributed by atoms with Crippen molar-refractivity contribution in [1.82, 2.24) is 4.98 Å². The summed E-state index contributed by atoms with van der Waals surface area (Å²) in [4.78, 5) is 3.88. The molecule has 0 aliphatic rings. The van der Waals surface area contributed by atoms with E-state index in [0.717, 1.165) is 0 Å². The molecule has 0 saturated heterocycles. The van der Waals surface area contributed by atoms with Crippen LogP contribution in [0.4, 0.5) is 13.2 Å². The largest absolute Gasteiger partial charge is 0.415 e. The summed E-state index contributed by atoms with van der Waals surface area (Å²) in [5.41, 5.74) is -1.28. The number of hydrogen-bond acceptors (Lipinski definition) is 2. The van der Waals surface area contributed by atoms with Gasteiger partial charge in [0.1, 0.15) is 0 Å². The monoisotopic (exact) mass is 297 g/mol. The Kier molecular flexibility index (Phi) is 3.64. The van der Waals surface area contributed by atoms with Crippen LogP contribution in [0.5, 0.6) is 0 Å². The second kappa shape index (κ2) is 4.33. The Morgan fingerprint density at radius 1 is 1.31 bits per heavy atom. The number of halogens is 4. The zero-order valence-electron chi connectivity index (χ0n) is 8.72. The minimum Gasteiger partial charge on any atom is -0.383 e. The molecule has 16 heavy (non-hydrogen) atoms. The Morgan fingerprint density at radius 3 is 2.25 bits per heavy atom. The van der Waals surface area contributed by atoms with Gasteiger partial charge in [0.2, 0.25) is 0 Å². The van der Waals surface area contributed by atoms with E-state index in [2.05, 4.69) is 20.9 Å². The van der Waals surface area contributed by atoms with Gasteiger partial charge in [0.25, 0.3) is 0 Å². The fourth-order valence-electron chi connectivity index (χ4n) is 1.31. The molecule has 1 N–H and O–H groups in total. The molecule has 0 radical (unpaired) electrons. The molecule has 1 heterocycles. The molecule has 1 aromatic rings. The van der Waals surface area contributed by atoms with Crippen molar-refractivity contribution >= 4 is 15.9 Å². The molecule has 0 aromatic carbocycles. The number of aliphatic hydroxyl groups excluding tert-OH is 1. The van der Waals surface area contributed by atoms with E-state index >= 15 is 0 Å². The molecule has 0 unspecified atom stereocenters. The van der Waals surface area contributed by atoms with Crippen molar-refractivity contribution in [1.29, 1.82) is 0 Å². The first-order valence-electron chi connectivity index (χ1n) is 4.52. The summed E-state index contributed by atoms with van der Waals surface area (Å²) in [5.74, 6) is 0. The first kappa shape index (κ1) is 13.4. The van der Waals surface area contributed by atoms with Crippen LogP contribution < -0.4 is 0 Å². The summed E-state index contributed by atoms with van der Waals surface area (Å²) in [6.07, 6.45) is -5.69. The molecule has 6 heteroatoms. The van der Waals surface area contributed by atoms with Gasteiger partial charge in [-0.15, -0.1) is 0 Å². The first-order valence-corrected chi connectivity index (χ1v) is 5.32. The molecule has 1 rings (SSSR count). The summed E-state index contributed by atoms with van der Waals surface area (Å²) in [5, 5.41) is 9.26. The Labute approximate surface area is 99.6 Å². The zero-order valence-corrected chi connectivity index (χ0v) is 10.3. The van der Waals surface area contributed by atoms with Crippen LogP contribution in [0, 0.1) is 0 Å². The molecule has 1 aromatic heterocycles. The molecule has 2 nitrogen and oxygen atoms in total. The van der Waals surface area contributed by atoms with E-state index in [1.54, 1.807) is 6.07 Å². The number of alkyl halides is 3. The molecular formula is C10H11BrF3NO. The Bertz CT molecular complexity index is 361. The van der Waals surface area contributed by atoms with Crippen LogP contribution in [0.25, 0.3) is 0 Å². The van der Waals surface area contributed by atoms with Crippen LogP contribution in [-0.4, -0.2) is 22.4 Å². The lowest BCUT2D eigenvalue weighted by Gasteiger charge is -2.31. The fraction of sp³-hybridized carbons (Fsp3) is 0.500. The van der Waals surface area contributed by atoms with E-state index in [9.17, 15) is 18.3 Å². The maximum Gasteiger partial charge on any atom is 0.415 e. The standard InChI is InChI=1S/C10H11BrF3NO/c1-9(2,8(16)10(12,13)14)7-4-3-6(11)5-15-7/h3-5,8,16H,1-2H3/t8-/m1/s1. The number of nitrogens with zero attached hydrogens (tertiary/aromatic N) is 1. The second-order valence-corrected chi connectivity index (χ2v) is 4.94. The van der Waals surface area contributed by atoms with Gasteiger partial charge in [0, 0.05) is 21.8 Å². The van der Waals surface area contributed by atoms with Crippen LogP contribution >= 0.6 is 15.9 Å². The molecule has 1 atom stereocenters. The molecule has 0 fully saturated rings. The van der Waals surface area contributed by atoms with Gasteiger partial charge in [-0.1, -0.05) is 13.8 Å². The highest BCUT2D eigenvalue weighted by Crippen LogP contribution is 2.35. The van der Waals surface area contributed by atoms with Crippen LogP contribution in [0.1, 0.15) is 19.5 Å². The number of rotatable bonds is 2. The third-order valence-electron chi connectivity index (χ3n) is 2.38. The quantitative estimate of drug-likeness (QED) is 0.910. The van der Waals surface area contributed by atoms with Gasteiger partial charge >= 0.3 is 6.18 Å². The molecule has 90 valence electrons. The van der Waals surface area contributed by atoms with Gasteiger partial charge in [0.15, 0.2) is 6.10 Å². The lowest BCUT2D eigenvalue weighted by Crippen LogP contribution is -2.45. The SMILES string of the molecule is CC(C)(c1ccc(Br)cn1)[C@@H](O)C(F)(F)F. The molecule has 0 aliphatic heterocycles. The highest BCUT2D eigenvalue weighted by Gasteiger charge is 2.49. The van der Waals surface area contributed by atoms with Crippen molar-refractivity contribution in [3.63, 3.8) is 0 Å². The molecule has 0 spiro atoms. The van der Waals surface area contributed by atoms with E-state index < -0.39 is 17.7 Å². The fourth-order valence-corrected chi connectivity index (χ4v) is 1.54. The number of aromatic nitrogens is 1. The summed E-state index contributed by atoms with van der Waals surface area (Å²) in [6, 6.07) is 3.05. The predicted molar refractivity (Wildman–Crippen MR) is 57.0 cm³/mol. The highest BCUT2D eigenvalue weighted by atomic mass is 79.9. The minimum atomic E-state index is -4.65. The van der Waals surface area contributed by atoms with Crippen molar-refractivity contribution in [3.8, 4) is 0 Å². The van der Waals surface area contributed by atoms with Gasteiger partial charge < -0.3 is 5.11 Å². The average molecular weight is 298 g/mol. The molecule has 0 aliphatic carbocycles. The Balaban J connectivity index is 3.06. The van der Waals surface area contributed by atoms with Gasteiger partial charge in [-0.3, -0.25) is 4.98 Å². The number of aliphatic hydroxyl groups is 1. The van der Waals surface area contributed by atoms with E-state index in [1.165, 1.54) is 26.1 Å². The van der Waals surface area contributed by atoms with Crippen LogP contribution in [0.3, 0.4) is 0 Å². The van der Waals surface area contributed by atoms with E-state index in [0.29, 0.717) is 4.47 Å². The zero-order chi connectivity index (χ0) is 12.6. The van der Waals surface area contributed by atoms with Crippen molar-refractivity contribution in [2.24, 2.45) is 0 Å². The third kappa shape index (κ3) is 2.74. The van der Waals surface area contributed by atoms with Crippen LogP contribution in [0.2, 0.25) is 0 Å². The Morgan fingerprint density at radius 2 is 1.88 bits per heavy atom. The maximum atomic E-state index is 12.4. The van der Waals surface area contributed by atoms with Crippen molar-refractivity contribution in [2.45, 2.75) is 31.5 Å². The van der Waals surface area contributed by atoms with Gasteiger partial charge in [-0.2, -0.15) is 13.2 Å². The normalized spacial score (nSPS) is 14.9. The smallest absolute Gasteiger partial charge is 0.383 e. The van der Waals surface area contributed by atoms with Crippen molar-refractivity contribution in [3.05, 3.63) is 28.5 Å². The lowest BCUT2D eigenvalue weighted by molar-refractivity contribution is -0.221. The molecule has 0 saturated carbocycles. The summed E-state index contributed by atoms with van der Waals surface area (Å²) >= 11 is 3.14. The maximum absolute atomic E-state index is 12.4. The van der Waals surface area contributed by atoms with Gasteiger partial charge in [-0.25, -0.2) is 0 Å². The lowest BCUT2D eigenvalue weighted by atomic mass is 9.82. The Hall–Kier alpha value is -0.620. The van der Waals surface area contributed by atoms with Crippen molar-refractivity contribution in [2.75, 3.05) is 0 Å². The first-order chi connectivity index (χ1) is 7.15. The summed E-state index contributed by atoms with van der Waals surface area (Å²) < 4.78 is 37.9. The van der Waals surface area contributed by atoms with Crippen LogP contribution in [-0.2, 0) is 5.41 Å². The van der Waals surface area contributed by atoms with E-state index in [-0.39, 0.29) is 5.69 Å². The topological polar surface area (TPSA) is 33.1 Å². The second-order valence-electron chi connectivity index (χ2n) is 4.03. The third-order valence-corrected chi connectivity index (χ3v) is 2.85. The molecule has 0 bridgehead atoms. The highest BCUT2D eigenvalue weighted by molar-refractivity contribution is 9.10. The van der Waals surface area contributed by atoms with Crippen LogP contribution in [0.15, 0.2) is 22.8 Å². The summed E-state index contributed by atoms with van der Waals surface area (Å²) in [6.45, 7) is 2.61. The minimum absolute atomic E-state index is 0.195.